The van der Waals surface area contributed by atoms with Crippen molar-refractivity contribution in [3.63, 3.8) is 0 Å². The molecule has 0 aromatic heterocycles. The second kappa shape index (κ2) is 6.61. The summed E-state index contributed by atoms with van der Waals surface area (Å²) in [4.78, 5) is 11.8. The van der Waals surface area contributed by atoms with E-state index in [4.69, 9.17) is 16.3 Å². The summed E-state index contributed by atoms with van der Waals surface area (Å²) >= 11 is 5.93. The first-order valence-electron chi connectivity index (χ1n) is 6.37. The number of hydrazine groups is 1. The fraction of sp³-hybridized carbons (Fsp3) is 0.417. The average Bonchev–Trinajstić information content (AvgIpc) is 2.92. The van der Waals surface area contributed by atoms with Crippen LogP contribution in [0.1, 0.15) is 6.92 Å². The smallest absolute Gasteiger partial charge is 0.313 e. The first-order valence-corrected chi connectivity index (χ1v) is 8.29. The van der Waals surface area contributed by atoms with Crippen molar-refractivity contribution in [2.24, 2.45) is 5.92 Å². The largest absolute Gasteiger partial charge is 0.466 e. The molecule has 1 fully saturated rings. The maximum atomic E-state index is 12.4. The van der Waals surface area contributed by atoms with Crippen LogP contribution in [-0.2, 0) is 19.6 Å². The highest BCUT2D eigenvalue weighted by Crippen LogP contribution is 2.24. The molecular formula is C12H16ClN3O4S. The number of sulfonamides is 1. The lowest BCUT2D eigenvalue weighted by molar-refractivity contribution is -0.147. The van der Waals surface area contributed by atoms with Gasteiger partial charge in [-0.15, -0.1) is 0 Å². The Kier molecular flexibility index (Phi) is 5.04. The zero-order valence-electron chi connectivity index (χ0n) is 11.3. The van der Waals surface area contributed by atoms with E-state index < -0.39 is 27.3 Å². The molecule has 0 aliphatic carbocycles. The quantitative estimate of drug-likeness (QED) is 0.686. The van der Waals surface area contributed by atoms with Crippen molar-refractivity contribution in [2.75, 3.05) is 17.9 Å². The second-order valence-electron chi connectivity index (χ2n) is 4.43. The van der Waals surface area contributed by atoms with E-state index in [0.29, 0.717) is 0 Å². The lowest BCUT2D eigenvalue weighted by atomic mass is 10.2. The van der Waals surface area contributed by atoms with Crippen molar-refractivity contribution in [1.82, 2.24) is 10.9 Å². The van der Waals surface area contributed by atoms with E-state index in [1.54, 1.807) is 31.2 Å². The number of benzene rings is 1. The van der Waals surface area contributed by atoms with Gasteiger partial charge in [0.2, 0.25) is 0 Å². The van der Waals surface area contributed by atoms with Gasteiger partial charge in [-0.2, -0.15) is 0 Å². The Morgan fingerprint density at radius 2 is 2.19 bits per heavy atom. The molecule has 1 aromatic carbocycles. The number of halogens is 1. The number of carbonyl (C=O) groups excluding carboxylic acids is 1. The number of rotatable bonds is 5. The zero-order valence-corrected chi connectivity index (χ0v) is 12.9. The Balaban J connectivity index is 2.19. The van der Waals surface area contributed by atoms with Crippen molar-refractivity contribution >= 4 is 33.3 Å². The van der Waals surface area contributed by atoms with Gasteiger partial charge >= 0.3 is 5.97 Å². The molecule has 9 heteroatoms. The average molecular weight is 334 g/mol. The highest BCUT2D eigenvalue weighted by Gasteiger charge is 2.42. The van der Waals surface area contributed by atoms with Crippen LogP contribution in [0.3, 0.4) is 0 Å². The Morgan fingerprint density at radius 1 is 1.48 bits per heavy atom. The van der Waals surface area contributed by atoms with E-state index >= 15 is 0 Å². The summed E-state index contributed by atoms with van der Waals surface area (Å²) < 4.78 is 32.1. The Hall–Kier alpha value is -1.35. The SMILES string of the molecule is CCOC(=O)C1CNNC1S(=O)(=O)Nc1ccccc1Cl. The number of anilines is 1. The summed E-state index contributed by atoms with van der Waals surface area (Å²) in [6, 6.07) is 6.47. The number of hydrogen-bond acceptors (Lipinski definition) is 6. The summed E-state index contributed by atoms with van der Waals surface area (Å²) in [5, 5.41) is -0.854. The van der Waals surface area contributed by atoms with Crippen molar-refractivity contribution in [3.05, 3.63) is 29.3 Å². The molecule has 3 N–H and O–H groups in total. The molecule has 0 radical (unpaired) electrons. The molecule has 1 aliphatic heterocycles. The minimum Gasteiger partial charge on any atom is -0.466 e. The molecule has 0 amide bonds. The molecule has 7 nitrogen and oxygen atoms in total. The molecule has 1 heterocycles. The molecular weight excluding hydrogens is 318 g/mol. The van der Waals surface area contributed by atoms with Gasteiger partial charge in [-0.3, -0.25) is 14.9 Å². The Bertz CT molecular complexity index is 623. The Morgan fingerprint density at radius 3 is 2.86 bits per heavy atom. The number of carbonyl (C=O) groups is 1. The van der Waals surface area contributed by atoms with Crippen molar-refractivity contribution < 1.29 is 17.9 Å². The molecule has 2 unspecified atom stereocenters. The highest BCUT2D eigenvalue weighted by atomic mass is 35.5. The number of hydrogen-bond donors (Lipinski definition) is 3. The van der Waals surface area contributed by atoms with E-state index in [1.807, 2.05) is 0 Å². The van der Waals surface area contributed by atoms with Crippen molar-refractivity contribution in [2.45, 2.75) is 12.3 Å². The number of para-hydroxylation sites is 1. The van der Waals surface area contributed by atoms with Crippen molar-refractivity contribution in [1.29, 1.82) is 0 Å². The third-order valence-corrected chi connectivity index (χ3v) is 4.93. The molecule has 0 bridgehead atoms. The third-order valence-electron chi connectivity index (χ3n) is 2.98. The molecule has 1 aromatic rings. The molecule has 1 aliphatic rings. The van der Waals surface area contributed by atoms with Gasteiger partial charge in [-0.1, -0.05) is 23.7 Å². The van der Waals surface area contributed by atoms with Gasteiger partial charge < -0.3 is 4.74 Å². The van der Waals surface area contributed by atoms with Crippen LogP contribution in [0.15, 0.2) is 24.3 Å². The highest BCUT2D eigenvalue weighted by molar-refractivity contribution is 7.93. The lowest BCUT2D eigenvalue weighted by Gasteiger charge is -2.19. The van der Waals surface area contributed by atoms with Gasteiger partial charge in [-0.05, 0) is 19.1 Å². The fourth-order valence-corrected chi connectivity index (χ4v) is 3.72. The molecule has 0 spiro atoms. The van der Waals surface area contributed by atoms with Crippen LogP contribution >= 0.6 is 11.6 Å². The molecule has 21 heavy (non-hydrogen) atoms. The summed E-state index contributed by atoms with van der Waals surface area (Å²) in [6.07, 6.45) is 0. The van der Waals surface area contributed by atoms with E-state index in [-0.39, 0.29) is 23.9 Å². The van der Waals surface area contributed by atoms with Gasteiger partial charge in [-0.25, -0.2) is 13.8 Å². The predicted molar refractivity (Wildman–Crippen MR) is 79.0 cm³/mol. The molecule has 1 saturated heterocycles. The van der Waals surface area contributed by atoms with Gasteiger partial charge in [0.05, 0.1) is 17.3 Å². The maximum absolute atomic E-state index is 12.4. The van der Waals surface area contributed by atoms with Crippen LogP contribution in [-0.4, -0.2) is 32.9 Å². The van der Waals surface area contributed by atoms with Crippen LogP contribution in [0.5, 0.6) is 0 Å². The topological polar surface area (TPSA) is 96.5 Å². The third kappa shape index (κ3) is 3.65. The standard InChI is InChI=1S/C12H16ClN3O4S/c1-2-20-12(17)8-7-14-15-11(8)21(18,19)16-10-6-4-3-5-9(10)13/h3-6,8,11,14-16H,2,7H2,1H3. The monoisotopic (exact) mass is 333 g/mol. The van der Waals surface area contributed by atoms with Gasteiger partial charge in [0.25, 0.3) is 10.0 Å². The second-order valence-corrected chi connectivity index (χ2v) is 6.64. The minimum absolute atomic E-state index is 0.174. The van der Waals surface area contributed by atoms with Crippen LogP contribution in [0.2, 0.25) is 5.02 Å². The number of nitrogens with one attached hydrogen (secondary N) is 3. The summed E-state index contributed by atoms with van der Waals surface area (Å²) in [7, 11) is -3.86. The van der Waals surface area contributed by atoms with Crippen LogP contribution < -0.4 is 15.6 Å². The number of esters is 1. The van der Waals surface area contributed by atoms with E-state index in [0.717, 1.165) is 0 Å². The molecule has 2 rings (SSSR count). The first kappa shape index (κ1) is 16.0. The number of ether oxygens (including phenoxy) is 1. The predicted octanol–water partition coefficient (Wildman–Crippen LogP) is 0.695. The van der Waals surface area contributed by atoms with Crippen molar-refractivity contribution in [3.8, 4) is 0 Å². The first-order chi connectivity index (χ1) is 9.95. The van der Waals surface area contributed by atoms with Gasteiger partial charge in [0.1, 0.15) is 5.92 Å². The van der Waals surface area contributed by atoms with Gasteiger partial charge in [0, 0.05) is 6.54 Å². The minimum atomic E-state index is -3.86. The molecule has 116 valence electrons. The summed E-state index contributed by atoms with van der Waals surface area (Å²) in [5.74, 6) is -1.39. The zero-order chi connectivity index (χ0) is 15.5. The van der Waals surface area contributed by atoms with Crippen LogP contribution in [0, 0.1) is 5.92 Å². The van der Waals surface area contributed by atoms with Crippen LogP contribution in [0.25, 0.3) is 0 Å². The molecule has 0 saturated carbocycles. The summed E-state index contributed by atoms with van der Waals surface area (Å²) in [5.41, 5.74) is 5.51. The van der Waals surface area contributed by atoms with E-state index in [9.17, 15) is 13.2 Å². The Labute approximate surface area is 128 Å². The van der Waals surface area contributed by atoms with E-state index in [2.05, 4.69) is 15.6 Å². The lowest BCUT2D eigenvalue weighted by Crippen LogP contribution is -2.44. The maximum Gasteiger partial charge on any atom is 0.313 e. The normalized spacial score (nSPS) is 22.0. The van der Waals surface area contributed by atoms with Gasteiger partial charge in [0.15, 0.2) is 5.37 Å². The van der Waals surface area contributed by atoms with E-state index in [1.165, 1.54) is 0 Å². The van der Waals surface area contributed by atoms with Crippen LogP contribution in [0.4, 0.5) is 5.69 Å². The fourth-order valence-electron chi connectivity index (χ4n) is 1.99. The summed E-state index contributed by atoms with van der Waals surface area (Å²) in [6.45, 7) is 2.03. The molecule has 2 atom stereocenters.